The summed E-state index contributed by atoms with van der Waals surface area (Å²) in [6.45, 7) is 4.58. The smallest absolute Gasteiger partial charge is 0.335 e. The lowest BCUT2D eigenvalue weighted by atomic mass is 10.1. The maximum absolute atomic E-state index is 12.9. The lowest BCUT2D eigenvalue weighted by Crippen LogP contribution is -2.40. The molecule has 8 heteroatoms. The summed E-state index contributed by atoms with van der Waals surface area (Å²) in [6, 6.07) is 11.8. The van der Waals surface area contributed by atoms with E-state index in [4.69, 9.17) is 9.84 Å². The summed E-state index contributed by atoms with van der Waals surface area (Å²) in [6.07, 6.45) is 2.16. The minimum absolute atomic E-state index is 0.0760. The third-order valence-electron chi connectivity index (χ3n) is 5.28. The largest absolute Gasteiger partial charge is 0.478 e. The summed E-state index contributed by atoms with van der Waals surface area (Å²) in [5.41, 5.74) is 2.86. The molecule has 1 aliphatic rings. The Kier molecular flexibility index (Phi) is 8.21. The van der Waals surface area contributed by atoms with Crippen molar-refractivity contribution in [1.29, 1.82) is 0 Å². The molecule has 0 radical (unpaired) electrons. The zero-order valence-corrected chi connectivity index (χ0v) is 18.2. The third-order valence-corrected chi connectivity index (χ3v) is 5.28. The molecule has 1 saturated heterocycles. The molecule has 0 atom stereocenters. The van der Waals surface area contributed by atoms with Crippen molar-refractivity contribution in [1.82, 2.24) is 4.90 Å². The quantitative estimate of drug-likeness (QED) is 0.551. The van der Waals surface area contributed by atoms with Gasteiger partial charge in [-0.2, -0.15) is 0 Å². The number of rotatable bonds is 9. The van der Waals surface area contributed by atoms with Crippen molar-refractivity contribution >= 4 is 29.2 Å². The molecular weight excluding hydrogens is 410 g/mol. The van der Waals surface area contributed by atoms with E-state index >= 15 is 0 Å². The van der Waals surface area contributed by atoms with Crippen LogP contribution in [0.5, 0.6) is 0 Å². The first kappa shape index (κ1) is 23.3. The molecule has 170 valence electrons. The minimum atomic E-state index is -0.976. The van der Waals surface area contributed by atoms with Crippen LogP contribution in [0.1, 0.15) is 52.5 Å². The molecule has 1 aliphatic heterocycles. The summed E-state index contributed by atoms with van der Waals surface area (Å²) in [7, 11) is 0. The molecule has 0 aromatic heterocycles. The topological polar surface area (TPSA) is 108 Å². The molecule has 0 saturated carbocycles. The van der Waals surface area contributed by atoms with Crippen LogP contribution in [0.4, 0.5) is 11.4 Å². The van der Waals surface area contributed by atoms with Crippen LogP contribution in [0, 0.1) is 0 Å². The number of benzene rings is 2. The van der Waals surface area contributed by atoms with E-state index in [0.29, 0.717) is 56.2 Å². The van der Waals surface area contributed by atoms with Gasteiger partial charge in [0.1, 0.15) is 0 Å². The Bertz CT molecular complexity index is 953. The molecule has 2 amide bonds. The van der Waals surface area contributed by atoms with Gasteiger partial charge in [0, 0.05) is 31.6 Å². The van der Waals surface area contributed by atoms with E-state index in [9.17, 15) is 14.4 Å². The Hall–Kier alpha value is -3.39. The zero-order valence-electron chi connectivity index (χ0n) is 18.2. The molecule has 0 unspecified atom stereocenters. The SMILES string of the molecule is CCCCC(=O)Nc1ccc(C(=O)N2CCOCC2)cc1NCc1ccc(C(=O)O)cc1. The van der Waals surface area contributed by atoms with Crippen molar-refractivity contribution in [3.05, 3.63) is 59.2 Å². The fraction of sp³-hybridized carbons (Fsp3) is 0.375. The normalized spacial score (nSPS) is 13.5. The monoisotopic (exact) mass is 439 g/mol. The van der Waals surface area contributed by atoms with Crippen LogP contribution in [-0.2, 0) is 16.1 Å². The first-order valence-corrected chi connectivity index (χ1v) is 10.8. The highest BCUT2D eigenvalue weighted by atomic mass is 16.5. The number of nitrogens with one attached hydrogen (secondary N) is 2. The number of nitrogens with zero attached hydrogens (tertiary/aromatic N) is 1. The summed E-state index contributed by atoms with van der Waals surface area (Å²) >= 11 is 0. The summed E-state index contributed by atoms with van der Waals surface area (Å²) in [4.78, 5) is 38.0. The van der Waals surface area contributed by atoms with Crippen LogP contribution >= 0.6 is 0 Å². The van der Waals surface area contributed by atoms with Crippen LogP contribution < -0.4 is 10.6 Å². The van der Waals surface area contributed by atoms with Crippen molar-refractivity contribution < 1.29 is 24.2 Å². The van der Waals surface area contributed by atoms with Gasteiger partial charge in [-0.15, -0.1) is 0 Å². The molecule has 1 heterocycles. The minimum Gasteiger partial charge on any atom is -0.478 e. The summed E-state index contributed by atoms with van der Waals surface area (Å²) < 4.78 is 5.32. The number of hydrogen-bond donors (Lipinski definition) is 3. The number of unbranched alkanes of at least 4 members (excludes halogenated alkanes) is 1. The maximum Gasteiger partial charge on any atom is 0.335 e. The molecule has 2 aromatic carbocycles. The number of ether oxygens (including phenoxy) is 1. The Morgan fingerprint density at radius 3 is 2.34 bits per heavy atom. The van der Waals surface area contributed by atoms with Gasteiger partial charge >= 0.3 is 5.97 Å². The summed E-state index contributed by atoms with van der Waals surface area (Å²) in [5.74, 6) is -1.13. The molecule has 3 N–H and O–H groups in total. The van der Waals surface area contributed by atoms with E-state index in [1.165, 1.54) is 0 Å². The predicted molar refractivity (Wildman–Crippen MR) is 122 cm³/mol. The second kappa shape index (κ2) is 11.3. The van der Waals surface area contributed by atoms with Crippen molar-refractivity contribution in [2.45, 2.75) is 32.7 Å². The van der Waals surface area contributed by atoms with Crippen LogP contribution in [0.3, 0.4) is 0 Å². The molecular formula is C24H29N3O5. The van der Waals surface area contributed by atoms with E-state index in [0.717, 1.165) is 18.4 Å². The number of carbonyl (C=O) groups is 3. The highest BCUT2D eigenvalue weighted by Gasteiger charge is 2.20. The lowest BCUT2D eigenvalue weighted by Gasteiger charge is -2.27. The number of aromatic carboxylic acids is 1. The molecule has 1 fully saturated rings. The third kappa shape index (κ3) is 6.31. The average Bonchev–Trinajstić information content (AvgIpc) is 2.82. The Morgan fingerprint density at radius 2 is 1.69 bits per heavy atom. The molecule has 2 aromatic rings. The number of hydrogen-bond acceptors (Lipinski definition) is 5. The van der Waals surface area contributed by atoms with Gasteiger partial charge in [0.05, 0.1) is 30.2 Å². The first-order valence-electron chi connectivity index (χ1n) is 10.8. The summed E-state index contributed by atoms with van der Waals surface area (Å²) in [5, 5.41) is 15.3. The van der Waals surface area contributed by atoms with Gasteiger partial charge < -0.3 is 25.4 Å². The molecule has 8 nitrogen and oxygen atoms in total. The second-order valence-corrected chi connectivity index (χ2v) is 7.67. The van der Waals surface area contributed by atoms with Gasteiger partial charge in [-0.05, 0) is 42.3 Å². The highest BCUT2D eigenvalue weighted by molar-refractivity contribution is 5.99. The maximum atomic E-state index is 12.9. The Labute approximate surface area is 187 Å². The molecule has 0 bridgehead atoms. The predicted octanol–water partition coefficient (Wildman–Crippen LogP) is 3.60. The van der Waals surface area contributed by atoms with Gasteiger partial charge in [0.25, 0.3) is 5.91 Å². The van der Waals surface area contributed by atoms with E-state index in [2.05, 4.69) is 10.6 Å². The zero-order chi connectivity index (χ0) is 22.9. The van der Waals surface area contributed by atoms with Gasteiger partial charge in [-0.25, -0.2) is 4.79 Å². The van der Waals surface area contributed by atoms with Crippen LogP contribution in [0.25, 0.3) is 0 Å². The van der Waals surface area contributed by atoms with E-state index in [-0.39, 0.29) is 17.4 Å². The average molecular weight is 440 g/mol. The van der Waals surface area contributed by atoms with Crippen molar-refractivity contribution in [3.63, 3.8) is 0 Å². The Balaban J connectivity index is 1.78. The fourth-order valence-electron chi connectivity index (χ4n) is 3.39. The van der Waals surface area contributed by atoms with Gasteiger partial charge in [0.15, 0.2) is 0 Å². The number of carbonyl (C=O) groups excluding carboxylic acids is 2. The van der Waals surface area contributed by atoms with E-state index < -0.39 is 5.97 Å². The van der Waals surface area contributed by atoms with Gasteiger partial charge in [0.2, 0.25) is 5.91 Å². The number of anilines is 2. The van der Waals surface area contributed by atoms with Gasteiger partial charge in [-0.1, -0.05) is 25.5 Å². The standard InChI is InChI=1S/C24H29N3O5/c1-2-3-4-22(28)26-20-10-9-19(23(29)27-11-13-32-14-12-27)15-21(20)25-16-17-5-7-18(8-6-17)24(30)31/h5-10,15,25H,2-4,11-14,16H2,1H3,(H,26,28)(H,30,31). The lowest BCUT2D eigenvalue weighted by molar-refractivity contribution is -0.116. The highest BCUT2D eigenvalue weighted by Crippen LogP contribution is 2.26. The van der Waals surface area contributed by atoms with Crippen LogP contribution in [-0.4, -0.2) is 54.1 Å². The molecule has 0 spiro atoms. The number of morpholine rings is 1. The van der Waals surface area contributed by atoms with E-state index in [1.54, 1.807) is 47.4 Å². The van der Waals surface area contributed by atoms with Crippen LogP contribution in [0.2, 0.25) is 0 Å². The Morgan fingerprint density at radius 1 is 1.00 bits per heavy atom. The van der Waals surface area contributed by atoms with Crippen LogP contribution in [0.15, 0.2) is 42.5 Å². The molecule has 0 aliphatic carbocycles. The van der Waals surface area contributed by atoms with Crippen molar-refractivity contribution in [2.75, 3.05) is 36.9 Å². The number of carboxylic acid groups (broad SMARTS) is 1. The molecule has 3 rings (SSSR count). The first-order chi connectivity index (χ1) is 15.5. The van der Waals surface area contributed by atoms with E-state index in [1.807, 2.05) is 6.92 Å². The molecule has 32 heavy (non-hydrogen) atoms. The number of amides is 2. The van der Waals surface area contributed by atoms with Gasteiger partial charge in [-0.3, -0.25) is 9.59 Å². The van der Waals surface area contributed by atoms with Crippen molar-refractivity contribution in [3.8, 4) is 0 Å². The second-order valence-electron chi connectivity index (χ2n) is 7.67. The van der Waals surface area contributed by atoms with Crippen molar-refractivity contribution in [2.24, 2.45) is 0 Å². The fourth-order valence-corrected chi connectivity index (χ4v) is 3.39. The number of carboxylic acids is 1.